The lowest BCUT2D eigenvalue weighted by Crippen LogP contribution is -2.08. The first-order valence-electron chi connectivity index (χ1n) is 8.45. The molecule has 0 fully saturated rings. The average Bonchev–Trinajstić information content (AvgIpc) is 3.01. The van der Waals surface area contributed by atoms with Crippen molar-refractivity contribution in [1.82, 2.24) is 0 Å². The van der Waals surface area contributed by atoms with Gasteiger partial charge >= 0.3 is 5.97 Å². The van der Waals surface area contributed by atoms with Gasteiger partial charge in [-0.15, -0.1) is 0 Å². The fourth-order valence-corrected chi connectivity index (χ4v) is 3.30. The van der Waals surface area contributed by atoms with Crippen LogP contribution in [0.15, 0.2) is 78.9 Å². The van der Waals surface area contributed by atoms with E-state index in [9.17, 15) is 14.9 Å². The topological polar surface area (TPSA) is 69.4 Å². The molecule has 0 aliphatic heterocycles. The lowest BCUT2D eigenvalue weighted by atomic mass is 10.1. The molecule has 1 aliphatic carbocycles. The van der Waals surface area contributed by atoms with Crippen molar-refractivity contribution in [2.24, 2.45) is 0 Å². The Bertz CT molecular complexity index is 1030. The third-order valence-electron chi connectivity index (χ3n) is 4.50. The third-order valence-corrected chi connectivity index (χ3v) is 4.50. The molecule has 1 aliphatic rings. The van der Waals surface area contributed by atoms with E-state index in [1.807, 2.05) is 48.5 Å². The highest BCUT2D eigenvalue weighted by Crippen LogP contribution is 2.45. The fourth-order valence-electron chi connectivity index (χ4n) is 3.30. The van der Waals surface area contributed by atoms with E-state index in [1.54, 1.807) is 12.1 Å². The van der Waals surface area contributed by atoms with Gasteiger partial charge in [0, 0.05) is 29.3 Å². The molecular weight excluding hydrogens is 342 g/mol. The third kappa shape index (κ3) is 3.22. The van der Waals surface area contributed by atoms with E-state index in [2.05, 4.69) is 0 Å². The van der Waals surface area contributed by atoms with Crippen LogP contribution in [0.1, 0.15) is 22.8 Å². The summed E-state index contributed by atoms with van der Waals surface area (Å²) in [6.07, 6.45) is 2.35. The number of nitro groups is 1. The Hall–Kier alpha value is -3.73. The van der Waals surface area contributed by atoms with Crippen molar-refractivity contribution in [3.8, 4) is 11.1 Å². The number of carbonyl (C=O) groups excluding carboxylic acids is 1. The molecule has 3 aromatic carbocycles. The highest BCUT2D eigenvalue weighted by Gasteiger charge is 2.30. The van der Waals surface area contributed by atoms with Gasteiger partial charge in [-0.2, -0.15) is 0 Å². The number of rotatable bonds is 4. The quantitative estimate of drug-likeness (QED) is 0.288. The predicted octanol–water partition coefficient (Wildman–Crippen LogP) is 4.92. The van der Waals surface area contributed by atoms with Gasteiger partial charge in [-0.1, -0.05) is 60.7 Å². The Balaban J connectivity index is 1.57. The van der Waals surface area contributed by atoms with E-state index in [0.717, 1.165) is 22.3 Å². The summed E-state index contributed by atoms with van der Waals surface area (Å²) in [5.41, 5.74) is 4.58. The van der Waals surface area contributed by atoms with Gasteiger partial charge in [0.05, 0.1) is 4.92 Å². The number of non-ortho nitro benzene ring substituents is 1. The second-order valence-corrected chi connectivity index (χ2v) is 6.18. The molecule has 0 radical (unpaired) electrons. The van der Waals surface area contributed by atoms with Crippen molar-refractivity contribution >= 4 is 17.7 Å². The van der Waals surface area contributed by atoms with Crippen molar-refractivity contribution in [2.75, 3.05) is 0 Å². The summed E-state index contributed by atoms with van der Waals surface area (Å²) < 4.78 is 5.70. The molecule has 5 heteroatoms. The van der Waals surface area contributed by atoms with Gasteiger partial charge < -0.3 is 4.74 Å². The van der Waals surface area contributed by atoms with Crippen LogP contribution in [0, 0.1) is 10.1 Å². The maximum Gasteiger partial charge on any atom is 0.331 e. The molecular formula is C22H15NO4. The lowest BCUT2D eigenvalue weighted by Gasteiger charge is -2.13. The van der Waals surface area contributed by atoms with Gasteiger partial charge in [-0.05, 0) is 22.8 Å². The zero-order valence-corrected chi connectivity index (χ0v) is 14.2. The van der Waals surface area contributed by atoms with Crippen LogP contribution in [0.4, 0.5) is 5.69 Å². The monoisotopic (exact) mass is 357 g/mol. The molecule has 0 bridgehead atoms. The van der Waals surface area contributed by atoms with E-state index in [1.165, 1.54) is 24.3 Å². The molecule has 132 valence electrons. The number of ether oxygens (including phenoxy) is 1. The molecule has 0 heterocycles. The van der Waals surface area contributed by atoms with Gasteiger partial charge in [0.15, 0.2) is 6.10 Å². The smallest absolute Gasteiger partial charge is 0.331 e. The van der Waals surface area contributed by atoms with Gasteiger partial charge in [-0.3, -0.25) is 10.1 Å². The number of esters is 1. The van der Waals surface area contributed by atoms with Crippen LogP contribution in [0.3, 0.4) is 0 Å². The highest BCUT2D eigenvalue weighted by atomic mass is 16.6. The molecule has 0 spiro atoms. The zero-order chi connectivity index (χ0) is 18.8. The van der Waals surface area contributed by atoms with Crippen molar-refractivity contribution < 1.29 is 14.5 Å². The Labute approximate surface area is 155 Å². The van der Waals surface area contributed by atoms with Crippen LogP contribution in [0.2, 0.25) is 0 Å². The Kier molecular flexibility index (Phi) is 4.26. The number of nitro benzene ring substituents is 1. The summed E-state index contributed by atoms with van der Waals surface area (Å²) in [5.74, 6) is -0.502. The number of nitrogens with zero attached hydrogens (tertiary/aromatic N) is 1. The molecule has 0 saturated carbocycles. The maximum absolute atomic E-state index is 12.4. The van der Waals surface area contributed by atoms with Gasteiger partial charge in [-0.25, -0.2) is 4.79 Å². The van der Waals surface area contributed by atoms with Crippen LogP contribution in [-0.2, 0) is 9.53 Å². The Morgan fingerprint density at radius 3 is 2.19 bits per heavy atom. The summed E-state index contributed by atoms with van der Waals surface area (Å²) in [5, 5.41) is 10.8. The molecule has 4 rings (SSSR count). The molecule has 0 atom stereocenters. The molecule has 0 unspecified atom stereocenters. The van der Waals surface area contributed by atoms with E-state index in [4.69, 9.17) is 4.74 Å². The van der Waals surface area contributed by atoms with E-state index in [0.29, 0.717) is 5.56 Å². The summed E-state index contributed by atoms with van der Waals surface area (Å²) in [6, 6.07) is 21.8. The minimum atomic E-state index is -0.502. The van der Waals surface area contributed by atoms with Gasteiger partial charge in [0.25, 0.3) is 5.69 Å². The summed E-state index contributed by atoms with van der Waals surface area (Å²) in [4.78, 5) is 22.7. The number of hydrogen-bond donors (Lipinski definition) is 0. The number of carbonyl (C=O) groups is 1. The highest BCUT2D eigenvalue weighted by molar-refractivity contribution is 5.88. The van der Waals surface area contributed by atoms with Gasteiger partial charge in [0.2, 0.25) is 0 Å². The standard InChI is InChI=1S/C22H15NO4/c24-21(13-12-15-6-5-7-16(14-15)23(25)26)27-22-19-10-3-1-8-17(19)18-9-2-4-11-20(18)22/h1-14,22H/b13-12+. The molecule has 0 N–H and O–H groups in total. The second-order valence-electron chi connectivity index (χ2n) is 6.18. The summed E-state index contributed by atoms with van der Waals surface area (Å²) in [7, 11) is 0. The van der Waals surface area contributed by atoms with Crippen LogP contribution < -0.4 is 0 Å². The number of hydrogen-bond acceptors (Lipinski definition) is 4. The minimum Gasteiger partial charge on any atom is -0.449 e. The molecule has 0 saturated heterocycles. The molecule has 0 amide bonds. The fraction of sp³-hybridized carbons (Fsp3) is 0.0455. The van der Waals surface area contributed by atoms with E-state index in [-0.39, 0.29) is 5.69 Å². The zero-order valence-electron chi connectivity index (χ0n) is 14.2. The maximum atomic E-state index is 12.4. The molecule has 3 aromatic rings. The molecule has 27 heavy (non-hydrogen) atoms. The van der Waals surface area contributed by atoms with Crippen LogP contribution in [0.25, 0.3) is 17.2 Å². The van der Waals surface area contributed by atoms with Crippen molar-refractivity contribution in [1.29, 1.82) is 0 Å². The van der Waals surface area contributed by atoms with Crippen molar-refractivity contribution in [2.45, 2.75) is 6.10 Å². The Morgan fingerprint density at radius 2 is 1.56 bits per heavy atom. The molecule has 0 aromatic heterocycles. The Morgan fingerprint density at radius 1 is 0.926 bits per heavy atom. The second kappa shape index (κ2) is 6.88. The predicted molar refractivity (Wildman–Crippen MR) is 102 cm³/mol. The minimum absolute atomic E-state index is 0.0239. The van der Waals surface area contributed by atoms with Crippen LogP contribution in [0.5, 0.6) is 0 Å². The first-order chi connectivity index (χ1) is 13.1. The average molecular weight is 357 g/mol. The van der Waals surface area contributed by atoms with Crippen LogP contribution in [-0.4, -0.2) is 10.9 Å². The summed E-state index contributed by atoms with van der Waals surface area (Å²) >= 11 is 0. The first kappa shape index (κ1) is 16.7. The number of fused-ring (bicyclic) bond motifs is 3. The lowest BCUT2D eigenvalue weighted by molar-refractivity contribution is -0.384. The largest absolute Gasteiger partial charge is 0.449 e. The normalized spacial score (nSPS) is 12.6. The summed E-state index contributed by atoms with van der Waals surface area (Å²) in [6.45, 7) is 0. The van der Waals surface area contributed by atoms with E-state index < -0.39 is 17.0 Å². The SMILES string of the molecule is O=C(/C=C/c1cccc([N+](=O)[O-])c1)OC1c2ccccc2-c2ccccc21. The van der Waals surface area contributed by atoms with Crippen molar-refractivity contribution in [3.05, 3.63) is 106 Å². The van der Waals surface area contributed by atoms with Crippen LogP contribution >= 0.6 is 0 Å². The van der Waals surface area contributed by atoms with E-state index >= 15 is 0 Å². The molecule has 5 nitrogen and oxygen atoms in total. The first-order valence-corrected chi connectivity index (χ1v) is 8.45. The van der Waals surface area contributed by atoms with Gasteiger partial charge in [0.1, 0.15) is 0 Å². The number of benzene rings is 3. The van der Waals surface area contributed by atoms with Crippen molar-refractivity contribution in [3.63, 3.8) is 0 Å².